The van der Waals surface area contributed by atoms with Gasteiger partial charge in [0.2, 0.25) is 17.7 Å². The molecule has 7 rings (SSSR count). The Kier molecular flexibility index (Phi) is 7.66. The lowest BCUT2D eigenvalue weighted by atomic mass is 9.72. The lowest BCUT2D eigenvalue weighted by Crippen LogP contribution is -2.41. The first-order chi connectivity index (χ1) is 22.9. The molecule has 3 aliphatic heterocycles. The molecule has 1 spiro atoms. The van der Waals surface area contributed by atoms with Crippen molar-refractivity contribution in [2.45, 2.75) is 71.2 Å². The van der Waals surface area contributed by atoms with Crippen LogP contribution >= 0.6 is 0 Å². The molecule has 5 atom stereocenters. The van der Waals surface area contributed by atoms with E-state index in [0.29, 0.717) is 11.5 Å². The first kappa shape index (κ1) is 31.6. The Hall–Kier alpha value is -4.97. The van der Waals surface area contributed by atoms with Crippen LogP contribution in [0.4, 0.5) is 5.69 Å². The molecule has 0 aliphatic carbocycles. The van der Waals surface area contributed by atoms with E-state index in [-0.39, 0.29) is 59.5 Å². The third-order valence-electron chi connectivity index (χ3n) is 9.62. The van der Waals surface area contributed by atoms with Gasteiger partial charge in [0, 0.05) is 23.6 Å². The van der Waals surface area contributed by atoms with Gasteiger partial charge in [-0.15, -0.1) is 0 Å². The first-order valence-electron chi connectivity index (χ1n) is 16.2. The van der Waals surface area contributed by atoms with Gasteiger partial charge in [-0.2, -0.15) is 0 Å². The molecule has 5 heterocycles. The zero-order chi connectivity index (χ0) is 34.1. The van der Waals surface area contributed by atoms with E-state index >= 15 is 0 Å². The number of para-hydroxylation sites is 1. The van der Waals surface area contributed by atoms with E-state index in [9.17, 15) is 19.5 Å². The average Bonchev–Trinajstić information content (AvgIpc) is 3.81. The van der Waals surface area contributed by atoms with E-state index in [1.807, 2.05) is 56.3 Å². The standard InChI is InChI=1S/C36H38N4O8/c1-16(2)26-32-40-28(33-39-27(18(5)46-33)34(44)45-6)30(48-32)36-21-9-7-8-10-23(21)37-35(36)47-25-12-11-19(14-22(25)36)13-20(31(43)38-26)15-24(41)29(42)17(3)4/h7-12,14,16-17,20,26,29,35,37,42H,13,15H2,1-6H3,(H,38,43)/t20-,26+,29+,35+,36?/m1/s1. The Morgan fingerprint density at radius 2 is 1.83 bits per heavy atom. The summed E-state index contributed by atoms with van der Waals surface area (Å²) in [5.41, 5.74) is 2.47. The van der Waals surface area contributed by atoms with Crippen molar-refractivity contribution in [1.29, 1.82) is 0 Å². The predicted octanol–water partition coefficient (Wildman–Crippen LogP) is 4.86. The SMILES string of the molecule is COC(=O)c1nc(-c2nc3oc2C24c5ccccc5N[C@H]2Oc2ccc(cc24)C[C@H](CC(=O)[C@@H](O)C(C)C)C(=O)N[C@H]3C(C)C)oc1C. The van der Waals surface area contributed by atoms with Gasteiger partial charge in [-0.1, -0.05) is 58.0 Å². The maximum Gasteiger partial charge on any atom is 0.360 e. The summed E-state index contributed by atoms with van der Waals surface area (Å²) >= 11 is 0. The van der Waals surface area contributed by atoms with Crippen molar-refractivity contribution in [3.05, 3.63) is 82.3 Å². The number of Topliss-reactive ketones (excluding diaryl/α,β-unsaturated/α-hetero) is 1. The van der Waals surface area contributed by atoms with Gasteiger partial charge in [0.15, 0.2) is 29.2 Å². The van der Waals surface area contributed by atoms with E-state index in [0.717, 1.165) is 22.4 Å². The van der Waals surface area contributed by atoms with Gasteiger partial charge >= 0.3 is 5.97 Å². The maximum atomic E-state index is 14.1. The quantitative estimate of drug-likeness (QED) is 0.233. The zero-order valence-electron chi connectivity index (χ0n) is 27.6. The molecule has 1 unspecified atom stereocenters. The second-order valence-electron chi connectivity index (χ2n) is 13.5. The number of aliphatic hydroxyl groups is 1. The van der Waals surface area contributed by atoms with Crippen molar-refractivity contribution < 1.29 is 37.8 Å². The van der Waals surface area contributed by atoms with Crippen molar-refractivity contribution in [3.8, 4) is 17.3 Å². The molecule has 0 saturated carbocycles. The van der Waals surface area contributed by atoms with E-state index in [1.165, 1.54) is 7.11 Å². The van der Waals surface area contributed by atoms with Crippen molar-refractivity contribution in [1.82, 2.24) is 15.3 Å². The van der Waals surface area contributed by atoms with Crippen molar-refractivity contribution in [3.63, 3.8) is 0 Å². The Labute approximate surface area is 277 Å². The number of ether oxygens (including phenoxy) is 2. The number of benzene rings is 2. The molecule has 12 nitrogen and oxygen atoms in total. The summed E-state index contributed by atoms with van der Waals surface area (Å²) in [5, 5.41) is 17.2. The number of anilines is 1. The topological polar surface area (TPSA) is 166 Å². The number of ketones is 1. The smallest absolute Gasteiger partial charge is 0.360 e. The minimum atomic E-state index is -1.19. The fourth-order valence-corrected chi connectivity index (χ4v) is 7.08. The summed E-state index contributed by atoms with van der Waals surface area (Å²) in [4.78, 5) is 49.3. The van der Waals surface area contributed by atoms with Gasteiger partial charge in [0.05, 0.1) is 7.11 Å². The molecule has 0 fully saturated rings. The number of amides is 1. The highest BCUT2D eigenvalue weighted by molar-refractivity contribution is 5.90. The molecule has 0 radical (unpaired) electrons. The van der Waals surface area contributed by atoms with Crippen LogP contribution in [0.25, 0.3) is 11.6 Å². The van der Waals surface area contributed by atoms with Gasteiger partial charge in [0.1, 0.15) is 29.1 Å². The molecule has 48 heavy (non-hydrogen) atoms. The van der Waals surface area contributed by atoms with Crippen LogP contribution in [0.2, 0.25) is 0 Å². The summed E-state index contributed by atoms with van der Waals surface area (Å²) in [7, 11) is 1.27. The fraction of sp³-hybridized carbons (Fsp3) is 0.417. The molecule has 3 N–H and O–H groups in total. The summed E-state index contributed by atoms with van der Waals surface area (Å²) in [5.74, 6) is -1.19. The average molecular weight is 655 g/mol. The van der Waals surface area contributed by atoms with Crippen LogP contribution in [-0.4, -0.2) is 52.2 Å². The number of methoxy groups -OCH3 is 1. The molecule has 2 aromatic carbocycles. The Balaban J connectivity index is 1.49. The highest BCUT2D eigenvalue weighted by Crippen LogP contribution is 2.59. The lowest BCUT2D eigenvalue weighted by Gasteiger charge is -2.28. The number of carbonyl (C=O) groups is 3. The molecule has 3 aliphatic rings. The fourth-order valence-electron chi connectivity index (χ4n) is 7.08. The number of nitrogens with one attached hydrogen (secondary N) is 2. The third-order valence-corrected chi connectivity index (χ3v) is 9.62. The summed E-state index contributed by atoms with van der Waals surface area (Å²) < 4.78 is 24.4. The number of hydrogen-bond donors (Lipinski definition) is 3. The van der Waals surface area contributed by atoms with Crippen molar-refractivity contribution in [2.24, 2.45) is 17.8 Å². The molecule has 4 aromatic rings. The molecule has 0 saturated heterocycles. The van der Waals surface area contributed by atoms with E-state index in [1.54, 1.807) is 20.8 Å². The van der Waals surface area contributed by atoms with Crippen LogP contribution in [0.15, 0.2) is 51.3 Å². The highest BCUT2D eigenvalue weighted by Gasteiger charge is 2.61. The molecule has 1 amide bonds. The molecule has 4 bridgehead atoms. The van der Waals surface area contributed by atoms with E-state index in [2.05, 4.69) is 15.6 Å². The van der Waals surface area contributed by atoms with Gasteiger partial charge in [-0.3, -0.25) is 9.59 Å². The van der Waals surface area contributed by atoms with Crippen molar-refractivity contribution >= 4 is 23.3 Å². The van der Waals surface area contributed by atoms with Crippen LogP contribution < -0.4 is 15.4 Å². The van der Waals surface area contributed by atoms with Crippen molar-refractivity contribution in [2.75, 3.05) is 12.4 Å². The number of carbonyl (C=O) groups excluding carboxylic acids is 3. The minimum absolute atomic E-state index is 0.00933. The number of hydrogen-bond acceptors (Lipinski definition) is 11. The molecular weight excluding hydrogens is 616 g/mol. The number of aliphatic hydroxyl groups excluding tert-OH is 1. The number of fused-ring (bicyclic) bond motifs is 4. The normalized spacial score (nSPS) is 22.9. The number of esters is 1. The van der Waals surface area contributed by atoms with Crippen LogP contribution in [0.3, 0.4) is 0 Å². The number of aryl methyl sites for hydroxylation is 1. The Morgan fingerprint density at radius 1 is 1.06 bits per heavy atom. The number of oxazole rings is 2. The molecule has 12 heteroatoms. The van der Waals surface area contributed by atoms with Gasteiger partial charge < -0.3 is 34.0 Å². The van der Waals surface area contributed by atoms with E-state index < -0.39 is 41.5 Å². The largest absolute Gasteiger partial charge is 0.469 e. The number of nitrogens with zero attached hydrogens (tertiary/aromatic N) is 2. The predicted molar refractivity (Wildman–Crippen MR) is 172 cm³/mol. The summed E-state index contributed by atoms with van der Waals surface area (Å²) in [6.07, 6.45) is -1.73. The first-order valence-corrected chi connectivity index (χ1v) is 16.2. The second-order valence-corrected chi connectivity index (χ2v) is 13.5. The monoisotopic (exact) mass is 654 g/mol. The van der Waals surface area contributed by atoms with Crippen LogP contribution in [0.5, 0.6) is 5.75 Å². The number of aromatic nitrogens is 2. The van der Waals surface area contributed by atoms with Crippen LogP contribution in [-0.2, 0) is 26.2 Å². The summed E-state index contributed by atoms with van der Waals surface area (Å²) in [6.45, 7) is 9.02. The molecular formula is C36H38N4O8. The Bertz CT molecular complexity index is 1940. The lowest BCUT2D eigenvalue weighted by molar-refractivity contribution is -0.135. The zero-order valence-corrected chi connectivity index (χ0v) is 27.6. The second kappa shape index (κ2) is 11.6. The number of rotatable bonds is 7. The Morgan fingerprint density at radius 3 is 2.56 bits per heavy atom. The molecule has 2 aromatic heterocycles. The summed E-state index contributed by atoms with van der Waals surface area (Å²) in [6, 6.07) is 12.9. The van der Waals surface area contributed by atoms with Gasteiger partial charge in [0.25, 0.3) is 0 Å². The maximum absolute atomic E-state index is 14.1. The minimum Gasteiger partial charge on any atom is -0.469 e. The highest BCUT2D eigenvalue weighted by atomic mass is 16.5. The third kappa shape index (κ3) is 4.80. The van der Waals surface area contributed by atoms with E-state index in [4.69, 9.17) is 23.3 Å². The van der Waals surface area contributed by atoms with Gasteiger partial charge in [-0.25, -0.2) is 14.8 Å². The van der Waals surface area contributed by atoms with Crippen LogP contribution in [0.1, 0.15) is 84.7 Å². The van der Waals surface area contributed by atoms with Crippen LogP contribution in [0, 0.1) is 24.7 Å². The van der Waals surface area contributed by atoms with Gasteiger partial charge in [-0.05, 0) is 48.4 Å². The molecule has 250 valence electrons.